The summed E-state index contributed by atoms with van der Waals surface area (Å²) >= 11 is 6.21. The Balaban J connectivity index is 2.39. The fraction of sp³-hybridized carbons (Fsp3) is 0.333. The molecule has 1 aromatic heterocycles. The first-order valence-electron chi connectivity index (χ1n) is 6.65. The van der Waals surface area contributed by atoms with Crippen molar-refractivity contribution in [3.8, 4) is 17.5 Å². The van der Waals surface area contributed by atoms with Crippen LogP contribution in [-0.2, 0) is 0 Å². The van der Waals surface area contributed by atoms with E-state index in [1.165, 1.54) is 0 Å². The summed E-state index contributed by atoms with van der Waals surface area (Å²) in [7, 11) is 0. The van der Waals surface area contributed by atoms with E-state index in [1.54, 1.807) is 0 Å². The number of nitriles is 1. The van der Waals surface area contributed by atoms with Gasteiger partial charge < -0.3 is 4.98 Å². The maximum atomic E-state index is 9.42. The van der Waals surface area contributed by atoms with Gasteiger partial charge in [0.15, 0.2) is 5.15 Å². The number of nitrogens with zero attached hydrogens (tertiary/aromatic N) is 3. The van der Waals surface area contributed by atoms with Crippen molar-refractivity contribution in [2.45, 2.75) is 19.9 Å². The molecule has 1 N–H and O–H groups in total. The van der Waals surface area contributed by atoms with Gasteiger partial charge in [-0.25, -0.2) is 4.98 Å². The van der Waals surface area contributed by atoms with E-state index in [0.29, 0.717) is 16.7 Å². The summed E-state index contributed by atoms with van der Waals surface area (Å²) in [6, 6.07) is 11.6. The molecule has 0 amide bonds. The van der Waals surface area contributed by atoms with Crippen molar-refractivity contribution < 1.29 is 0 Å². The van der Waals surface area contributed by atoms with E-state index < -0.39 is 6.04 Å². The smallest absolute Gasteiger partial charge is 0.153 e. The second kappa shape index (κ2) is 6.56. The molecule has 0 radical (unpaired) electrons. The van der Waals surface area contributed by atoms with Crippen LogP contribution in [0.25, 0.3) is 11.4 Å². The van der Waals surface area contributed by atoms with Gasteiger partial charge in [-0.15, -0.1) is 0 Å². The van der Waals surface area contributed by atoms with E-state index in [9.17, 15) is 5.26 Å². The highest BCUT2D eigenvalue weighted by Gasteiger charge is 2.23. The molecular weight excluding hydrogens is 272 g/mol. The van der Waals surface area contributed by atoms with Crippen molar-refractivity contribution in [2.75, 3.05) is 13.1 Å². The number of H-pyrrole nitrogens is 1. The van der Waals surface area contributed by atoms with Crippen LogP contribution in [0.4, 0.5) is 0 Å². The summed E-state index contributed by atoms with van der Waals surface area (Å²) in [6.07, 6.45) is 0. The molecule has 1 heterocycles. The van der Waals surface area contributed by atoms with Crippen LogP contribution in [0, 0.1) is 11.3 Å². The van der Waals surface area contributed by atoms with E-state index in [0.717, 1.165) is 18.7 Å². The van der Waals surface area contributed by atoms with Crippen molar-refractivity contribution in [3.63, 3.8) is 0 Å². The van der Waals surface area contributed by atoms with Gasteiger partial charge in [-0.3, -0.25) is 4.90 Å². The fourth-order valence-corrected chi connectivity index (χ4v) is 2.43. The Morgan fingerprint density at radius 1 is 1.30 bits per heavy atom. The molecule has 1 atom stereocenters. The van der Waals surface area contributed by atoms with Crippen LogP contribution >= 0.6 is 11.6 Å². The zero-order valence-corrected chi connectivity index (χ0v) is 12.4. The average molecular weight is 289 g/mol. The first-order chi connectivity index (χ1) is 9.71. The topological polar surface area (TPSA) is 55.7 Å². The molecule has 5 heteroatoms. The largest absolute Gasteiger partial charge is 0.338 e. The van der Waals surface area contributed by atoms with Gasteiger partial charge in [-0.2, -0.15) is 5.26 Å². The van der Waals surface area contributed by atoms with Crippen LogP contribution in [0.5, 0.6) is 0 Å². The molecule has 0 saturated carbocycles. The van der Waals surface area contributed by atoms with E-state index in [1.807, 2.05) is 49.1 Å². The molecule has 2 rings (SSSR count). The Hall–Kier alpha value is -1.83. The van der Waals surface area contributed by atoms with Crippen LogP contribution in [0.3, 0.4) is 0 Å². The van der Waals surface area contributed by atoms with Gasteiger partial charge in [0.2, 0.25) is 0 Å². The molecular formula is C15H17ClN4. The number of nitrogens with one attached hydrogen (secondary N) is 1. The lowest BCUT2D eigenvalue weighted by molar-refractivity contribution is 0.259. The maximum absolute atomic E-state index is 9.42. The lowest BCUT2D eigenvalue weighted by Crippen LogP contribution is -2.27. The molecule has 1 aromatic carbocycles. The molecule has 0 saturated heterocycles. The number of hydrogen-bond donors (Lipinski definition) is 1. The van der Waals surface area contributed by atoms with E-state index in [4.69, 9.17) is 11.6 Å². The van der Waals surface area contributed by atoms with Gasteiger partial charge in [0.1, 0.15) is 11.9 Å². The van der Waals surface area contributed by atoms with Crippen molar-refractivity contribution in [1.82, 2.24) is 14.9 Å². The lowest BCUT2D eigenvalue weighted by atomic mass is 10.2. The minimum atomic E-state index is -0.400. The van der Waals surface area contributed by atoms with Crippen LogP contribution < -0.4 is 0 Å². The zero-order valence-electron chi connectivity index (χ0n) is 11.6. The predicted octanol–water partition coefficient (Wildman–Crippen LogP) is 3.64. The van der Waals surface area contributed by atoms with Gasteiger partial charge in [-0.05, 0) is 13.1 Å². The molecule has 20 heavy (non-hydrogen) atoms. The number of imidazole rings is 1. The lowest BCUT2D eigenvalue weighted by Gasteiger charge is -2.22. The standard InChI is InChI=1S/C15H17ClN4/c1-3-20(4-2)12(10-17)13-14(16)19-15(18-13)11-8-6-5-7-9-11/h5-9,12H,3-4H2,1-2H3,(H,18,19). The zero-order chi connectivity index (χ0) is 14.5. The summed E-state index contributed by atoms with van der Waals surface area (Å²) in [4.78, 5) is 9.56. The summed E-state index contributed by atoms with van der Waals surface area (Å²) in [5.41, 5.74) is 1.62. The third-order valence-corrected chi connectivity index (χ3v) is 3.59. The Kier molecular flexibility index (Phi) is 4.78. The van der Waals surface area contributed by atoms with Crippen LogP contribution in [0.1, 0.15) is 25.6 Å². The molecule has 4 nitrogen and oxygen atoms in total. The average Bonchev–Trinajstić information content (AvgIpc) is 2.87. The molecule has 104 valence electrons. The van der Waals surface area contributed by atoms with Crippen molar-refractivity contribution in [2.24, 2.45) is 0 Å². The van der Waals surface area contributed by atoms with Gasteiger partial charge in [-0.1, -0.05) is 55.8 Å². The quantitative estimate of drug-likeness (QED) is 0.914. The molecule has 1 unspecified atom stereocenters. The molecule has 0 fully saturated rings. The SMILES string of the molecule is CCN(CC)C(C#N)c1[nH]c(-c2ccccc2)nc1Cl. The predicted molar refractivity (Wildman–Crippen MR) is 80.3 cm³/mol. The number of benzene rings is 1. The summed E-state index contributed by atoms with van der Waals surface area (Å²) < 4.78 is 0. The van der Waals surface area contributed by atoms with E-state index in [2.05, 4.69) is 16.0 Å². The minimum absolute atomic E-state index is 0.363. The molecule has 0 spiro atoms. The number of halogens is 1. The fourth-order valence-electron chi connectivity index (χ4n) is 2.20. The Bertz CT molecular complexity index is 596. The number of aromatic amines is 1. The Morgan fingerprint density at radius 3 is 2.50 bits per heavy atom. The second-order valence-electron chi connectivity index (χ2n) is 4.41. The highest BCUT2D eigenvalue weighted by atomic mass is 35.5. The summed E-state index contributed by atoms with van der Waals surface area (Å²) in [5, 5.41) is 9.78. The van der Waals surface area contributed by atoms with Crippen molar-refractivity contribution in [3.05, 3.63) is 41.2 Å². The number of rotatable bonds is 5. The number of hydrogen-bond acceptors (Lipinski definition) is 3. The van der Waals surface area contributed by atoms with Gasteiger partial charge >= 0.3 is 0 Å². The second-order valence-corrected chi connectivity index (χ2v) is 4.77. The summed E-state index contributed by atoms with van der Waals surface area (Å²) in [5.74, 6) is 0.693. The molecule has 2 aromatic rings. The molecule has 0 aliphatic rings. The highest BCUT2D eigenvalue weighted by Crippen LogP contribution is 2.28. The van der Waals surface area contributed by atoms with Crippen LogP contribution in [0.15, 0.2) is 30.3 Å². The van der Waals surface area contributed by atoms with E-state index in [-0.39, 0.29) is 0 Å². The Morgan fingerprint density at radius 2 is 1.95 bits per heavy atom. The first kappa shape index (κ1) is 14.6. The van der Waals surface area contributed by atoms with Crippen molar-refractivity contribution >= 4 is 11.6 Å². The Labute approximate surface area is 124 Å². The summed E-state index contributed by atoms with van der Waals surface area (Å²) in [6.45, 7) is 5.61. The van der Waals surface area contributed by atoms with E-state index >= 15 is 0 Å². The highest BCUT2D eigenvalue weighted by molar-refractivity contribution is 6.30. The van der Waals surface area contributed by atoms with Gasteiger partial charge in [0.25, 0.3) is 0 Å². The normalized spacial score (nSPS) is 12.3. The van der Waals surface area contributed by atoms with Crippen molar-refractivity contribution in [1.29, 1.82) is 5.26 Å². The molecule has 0 aliphatic heterocycles. The van der Waals surface area contributed by atoms with Gasteiger partial charge in [0, 0.05) is 5.56 Å². The first-order valence-corrected chi connectivity index (χ1v) is 7.03. The molecule has 0 aliphatic carbocycles. The molecule has 0 bridgehead atoms. The minimum Gasteiger partial charge on any atom is -0.338 e. The van der Waals surface area contributed by atoms with Gasteiger partial charge in [0.05, 0.1) is 11.8 Å². The monoisotopic (exact) mass is 288 g/mol. The maximum Gasteiger partial charge on any atom is 0.153 e. The third-order valence-electron chi connectivity index (χ3n) is 3.31. The van der Waals surface area contributed by atoms with Crippen LogP contribution in [-0.4, -0.2) is 28.0 Å². The third kappa shape index (κ3) is 2.84. The number of aromatic nitrogens is 2. The van der Waals surface area contributed by atoms with Crippen LogP contribution in [0.2, 0.25) is 5.15 Å².